The van der Waals surface area contributed by atoms with E-state index in [1.165, 1.54) is 31.7 Å². The maximum Gasteiger partial charge on any atom is 0.331 e. The number of hydrogen-bond donors (Lipinski definition) is 1. The van der Waals surface area contributed by atoms with Crippen molar-refractivity contribution in [3.8, 4) is 0 Å². The van der Waals surface area contributed by atoms with Crippen LogP contribution in [0.3, 0.4) is 0 Å². The average molecular weight is 390 g/mol. The molecule has 0 radical (unpaired) electrons. The van der Waals surface area contributed by atoms with E-state index in [9.17, 15) is 14.4 Å². The zero-order chi connectivity index (χ0) is 20.8. The molecule has 1 amide bonds. The van der Waals surface area contributed by atoms with Crippen LogP contribution in [-0.2, 0) is 23.9 Å². The molecule has 28 heavy (non-hydrogen) atoms. The molecule has 1 heterocycles. The Bertz CT molecular complexity index is 761. The summed E-state index contributed by atoms with van der Waals surface area (Å²) in [5.74, 6) is -1.75. The Hall–Kier alpha value is -2.57. The van der Waals surface area contributed by atoms with Gasteiger partial charge in [-0.05, 0) is 50.3 Å². The third kappa shape index (κ3) is 5.47. The summed E-state index contributed by atoms with van der Waals surface area (Å²) in [6.45, 7) is 7.40. The first kappa shape index (κ1) is 21.7. The SMILES string of the molecule is CC[C@H](C)[C@H](NC(=O)COC(=O)/C=C/c1cc(C)n(C2CC2)c1C)C(=O)OC. The molecule has 1 aliphatic carbocycles. The van der Waals surface area contributed by atoms with E-state index >= 15 is 0 Å². The molecule has 7 heteroatoms. The Balaban J connectivity index is 1.88. The molecule has 7 nitrogen and oxygen atoms in total. The third-order valence-electron chi connectivity index (χ3n) is 5.16. The lowest BCUT2D eigenvalue weighted by molar-refractivity contribution is -0.148. The monoisotopic (exact) mass is 390 g/mol. The van der Waals surface area contributed by atoms with Crippen LogP contribution >= 0.6 is 0 Å². The highest BCUT2D eigenvalue weighted by Gasteiger charge is 2.27. The maximum absolute atomic E-state index is 12.0. The molecule has 154 valence electrons. The molecule has 0 aromatic carbocycles. The summed E-state index contributed by atoms with van der Waals surface area (Å²) in [7, 11) is 1.27. The van der Waals surface area contributed by atoms with Crippen molar-refractivity contribution in [2.24, 2.45) is 5.92 Å². The largest absolute Gasteiger partial charge is 0.467 e. The number of methoxy groups -OCH3 is 1. The second-order valence-corrected chi connectivity index (χ2v) is 7.32. The van der Waals surface area contributed by atoms with Crippen molar-refractivity contribution in [3.63, 3.8) is 0 Å². The number of nitrogens with zero attached hydrogens (tertiary/aromatic N) is 1. The zero-order valence-electron chi connectivity index (χ0n) is 17.3. The van der Waals surface area contributed by atoms with E-state index in [0.717, 1.165) is 11.3 Å². The third-order valence-corrected chi connectivity index (χ3v) is 5.16. The van der Waals surface area contributed by atoms with E-state index in [2.05, 4.69) is 16.8 Å². The lowest BCUT2D eigenvalue weighted by atomic mass is 9.99. The minimum absolute atomic E-state index is 0.0892. The van der Waals surface area contributed by atoms with Crippen LogP contribution in [0.4, 0.5) is 0 Å². The predicted molar refractivity (Wildman–Crippen MR) is 106 cm³/mol. The standard InChI is InChI=1S/C21H30N2O5/c1-6-13(2)20(21(26)27-5)22-18(24)12-28-19(25)10-7-16-11-14(3)23(15(16)4)17-8-9-17/h7,10-11,13,17,20H,6,8-9,12H2,1-5H3,(H,22,24)/b10-7+/t13-,20-/m0/s1. The Morgan fingerprint density at radius 2 is 2.00 bits per heavy atom. The number of hydrogen-bond acceptors (Lipinski definition) is 5. The highest BCUT2D eigenvalue weighted by molar-refractivity contribution is 5.90. The number of aromatic nitrogens is 1. The normalized spacial score (nSPS) is 15.9. The van der Waals surface area contributed by atoms with Crippen LogP contribution in [0, 0.1) is 19.8 Å². The van der Waals surface area contributed by atoms with E-state index in [1.807, 2.05) is 26.8 Å². The zero-order valence-corrected chi connectivity index (χ0v) is 17.3. The number of rotatable bonds is 9. The van der Waals surface area contributed by atoms with Crippen molar-refractivity contribution in [3.05, 3.63) is 29.1 Å². The lowest BCUT2D eigenvalue weighted by Crippen LogP contribution is -2.47. The maximum atomic E-state index is 12.0. The van der Waals surface area contributed by atoms with Gasteiger partial charge in [-0.15, -0.1) is 0 Å². The Labute approximate surface area is 166 Å². The van der Waals surface area contributed by atoms with Crippen LogP contribution in [0.1, 0.15) is 56.1 Å². The summed E-state index contributed by atoms with van der Waals surface area (Å²) in [6, 6.07) is 1.85. The van der Waals surface area contributed by atoms with Crippen molar-refractivity contribution in [2.75, 3.05) is 13.7 Å². The van der Waals surface area contributed by atoms with Crippen molar-refractivity contribution in [1.29, 1.82) is 0 Å². The summed E-state index contributed by atoms with van der Waals surface area (Å²) < 4.78 is 12.0. The van der Waals surface area contributed by atoms with Gasteiger partial charge in [0.15, 0.2) is 6.61 Å². The van der Waals surface area contributed by atoms with Gasteiger partial charge in [0.05, 0.1) is 7.11 Å². The van der Waals surface area contributed by atoms with E-state index in [1.54, 1.807) is 6.08 Å². The average Bonchev–Trinajstić information content (AvgIpc) is 3.46. The van der Waals surface area contributed by atoms with Gasteiger partial charge < -0.3 is 19.4 Å². The van der Waals surface area contributed by atoms with Gasteiger partial charge in [0, 0.05) is 23.5 Å². The molecular weight excluding hydrogens is 360 g/mol. The van der Waals surface area contributed by atoms with Gasteiger partial charge in [-0.1, -0.05) is 20.3 Å². The number of nitrogens with one attached hydrogen (secondary N) is 1. The van der Waals surface area contributed by atoms with Crippen LogP contribution in [0.5, 0.6) is 0 Å². The van der Waals surface area contributed by atoms with Gasteiger partial charge in [-0.25, -0.2) is 9.59 Å². The molecule has 1 aliphatic rings. The molecule has 2 rings (SSSR count). The number of ether oxygens (including phenoxy) is 2. The molecule has 1 fully saturated rings. The molecule has 2 atom stereocenters. The first-order valence-electron chi connectivity index (χ1n) is 9.68. The van der Waals surface area contributed by atoms with E-state index in [-0.39, 0.29) is 5.92 Å². The molecule has 1 N–H and O–H groups in total. The number of esters is 2. The van der Waals surface area contributed by atoms with Crippen LogP contribution in [0.2, 0.25) is 0 Å². The van der Waals surface area contributed by atoms with Gasteiger partial charge in [0.2, 0.25) is 0 Å². The van der Waals surface area contributed by atoms with Gasteiger partial charge in [0.1, 0.15) is 6.04 Å². The summed E-state index contributed by atoms with van der Waals surface area (Å²) >= 11 is 0. The summed E-state index contributed by atoms with van der Waals surface area (Å²) in [6.07, 6.45) is 6.11. The number of amides is 1. The van der Waals surface area contributed by atoms with Gasteiger partial charge in [0.25, 0.3) is 5.91 Å². The van der Waals surface area contributed by atoms with Crippen LogP contribution in [-0.4, -0.2) is 42.2 Å². The number of aryl methyl sites for hydroxylation is 1. The molecule has 0 saturated heterocycles. The first-order valence-corrected chi connectivity index (χ1v) is 9.68. The van der Waals surface area contributed by atoms with Crippen molar-refractivity contribution < 1.29 is 23.9 Å². The van der Waals surface area contributed by atoms with Crippen molar-refractivity contribution in [2.45, 2.75) is 59.0 Å². The Kier molecular flexibility index (Phi) is 7.43. The smallest absolute Gasteiger partial charge is 0.331 e. The van der Waals surface area contributed by atoms with E-state index in [4.69, 9.17) is 9.47 Å². The fourth-order valence-corrected chi connectivity index (χ4v) is 3.22. The van der Waals surface area contributed by atoms with E-state index < -0.39 is 30.5 Å². The highest BCUT2D eigenvalue weighted by Crippen LogP contribution is 2.38. The van der Waals surface area contributed by atoms with E-state index in [0.29, 0.717) is 12.5 Å². The molecule has 1 aromatic heterocycles. The molecular formula is C21H30N2O5. The summed E-state index contributed by atoms with van der Waals surface area (Å²) in [4.78, 5) is 35.8. The molecule has 1 aromatic rings. The van der Waals surface area contributed by atoms with Gasteiger partial charge in [-0.3, -0.25) is 4.79 Å². The fraction of sp³-hybridized carbons (Fsp3) is 0.571. The Morgan fingerprint density at radius 1 is 1.32 bits per heavy atom. The van der Waals surface area contributed by atoms with Crippen LogP contribution in [0.25, 0.3) is 6.08 Å². The number of carbonyl (C=O) groups is 3. The molecule has 0 unspecified atom stereocenters. The summed E-state index contributed by atoms with van der Waals surface area (Å²) in [5, 5.41) is 2.57. The molecule has 1 saturated carbocycles. The topological polar surface area (TPSA) is 86.6 Å². The number of carbonyl (C=O) groups excluding carboxylic acids is 3. The fourth-order valence-electron chi connectivity index (χ4n) is 3.22. The van der Waals surface area contributed by atoms with Crippen molar-refractivity contribution in [1.82, 2.24) is 9.88 Å². The van der Waals surface area contributed by atoms with Gasteiger partial charge >= 0.3 is 11.9 Å². The second-order valence-electron chi connectivity index (χ2n) is 7.32. The quantitative estimate of drug-likeness (QED) is 0.517. The highest BCUT2D eigenvalue weighted by atomic mass is 16.5. The van der Waals surface area contributed by atoms with Crippen LogP contribution < -0.4 is 5.32 Å². The van der Waals surface area contributed by atoms with Crippen molar-refractivity contribution >= 4 is 23.9 Å². The molecule has 0 aliphatic heterocycles. The van der Waals surface area contributed by atoms with Crippen LogP contribution in [0.15, 0.2) is 12.1 Å². The minimum Gasteiger partial charge on any atom is -0.467 e. The Morgan fingerprint density at radius 3 is 2.57 bits per heavy atom. The van der Waals surface area contributed by atoms with Gasteiger partial charge in [-0.2, -0.15) is 0 Å². The summed E-state index contributed by atoms with van der Waals surface area (Å²) in [5.41, 5.74) is 3.26. The second kappa shape index (κ2) is 9.57. The molecule has 0 spiro atoms. The minimum atomic E-state index is -0.760. The first-order chi connectivity index (χ1) is 13.3. The lowest BCUT2D eigenvalue weighted by Gasteiger charge is -2.21. The predicted octanol–water partition coefficient (Wildman–Crippen LogP) is 2.70. The molecule has 0 bridgehead atoms.